The molecule has 1 N–H and O–H groups in total. The number of carbonyl (C=O) groups is 1. The summed E-state index contributed by atoms with van der Waals surface area (Å²) in [6.45, 7) is 5.15. The summed E-state index contributed by atoms with van der Waals surface area (Å²) in [6.07, 6.45) is 6.03. The maximum Gasteiger partial charge on any atom is 0.329 e. The fraction of sp³-hybridized carbons (Fsp3) is 0.583. The zero-order chi connectivity index (χ0) is 12.6. The Hall–Kier alpha value is -1.65. The largest absolute Gasteiger partial charge is 0.480 e. The van der Waals surface area contributed by atoms with Crippen molar-refractivity contribution >= 4 is 5.97 Å². The van der Waals surface area contributed by atoms with E-state index in [1.54, 1.807) is 25.3 Å². The number of aliphatic carboxylic acids is 1. The van der Waals surface area contributed by atoms with Gasteiger partial charge in [-0.2, -0.15) is 0 Å². The van der Waals surface area contributed by atoms with Gasteiger partial charge in [0, 0.05) is 5.92 Å². The van der Waals surface area contributed by atoms with E-state index in [0.29, 0.717) is 5.82 Å². The number of hydrogen-bond donors (Lipinski definition) is 1. The van der Waals surface area contributed by atoms with Crippen LogP contribution in [0.2, 0.25) is 0 Å². The van der Waals surface area contributed by atoms with E-state index in [-0.39, 0.29) is 5.92 Å². The quantitative estimate of drug-likeness (QED) is 0.812. The number of aryl methyl sites for hydroxylation is 1. The molecule has 0 aromatic carbocycles. The molecule has 0 fully saturated rings. The van der Waals surface area contributed by atoms with Gasteiger partial charge in [-0.25, -0.2) is 4.79 Å². The molecule has 0 atom stereocenters. The highest BCUT2D eigenvalue weighted by atomic mass is 16.4. The Bertz CT molecular complexity index is 466. The molecule has 0 spiro atoms. The van der Waals surface area contributed by atoms with E-state index < -0.39 is 11.5 Å². The second-order valence-electron chi connectivity index (χ2n) is 4.94. The van der Waals surface area contributed by atoms with Crippen LogP contribution in [0.25, 0.3) is 0 Å². The molecular formula is C12H17N3O2. The predicted octanol–water partition coefficient (Wildman–Crippen LogP) is 1.84. The molecule has 2 rings (SSSR count). The summed E-state index contributed by atoms with van der Waals surface area (Å²) in [5.41, 5.74) is -1.01. The second-order valence-corrected chi connectivity index (χ2v) is 4.94. The highest BCUT2D eigenvalue weighted by Gasteiger charge is 2.35. The predicted molar refractivity (Wildman–Crippen MR) is 62.8 cm³/mol. The third kappa shape index (κ3) is 1.85. The zero-order valence-corrected chi connectivity index (χ0v) is 10.3. The van der Waals surface area contributed by atoms with Gasteiger partial charge in [-0.3, -0.25) is 4.57 Å². The molecule has 17 heavy (non-hydrogen) atoms. The normalized spacial score (nSPS) is 16.6. The summed E-state index contributed by atoms with van der Waals surface area (Å²) in [5.74, 6) is 0.821. The Morgan fingerprint density at radius 2 is 2.00 bits per heavy atom. The van der Waals surface area contributed by atoms with Crippen LogP contribution in [0.3, 0.4) is 0 Å². The first-order valence-corrected chi connectivity index (χ1v) is 5.75. The van der Waals surface area contributed by atoms with Crippen LogP contribution in [-0.2, 0) is 10.3 Å². The molecule has 5 heteroatoms. The molecule has 0 saturated heterocycles. The number of allylic oxidation sites excluding steroid dienone is 2. The first-order chi connectivity index (χ1) is 7.94. The lowest BCUT2D eigenvalue weighted by Gasteiger charge is -2.25. The molecule has 1 heterocycles. The van der Waals surface area contributed by atoms with E-state index in [1.807, 2.05) is 0 Å². The molecule has 0 bridgehead atoms. The average molecular weight is 235 g/mol. The molecular weight excluding hydrogens is 218 g/mol. The maximum atomic E-state index is 11.3. The molecule has 5 nitrogen and oxygen atoms in total. The lowest BCUT2D eigenvalue weighted by atomic mass is 10.0. The highest BCUT2D eigenvalue weighted by Crippen LogP contribution is 2.31. The van der Waals surface area contributed by atoms with Gasteiger partial charge >= 0.3 is 5.97 Å². The molecule has 1 aromatic heterocycles. The maximum absolute atomic E-state index is 11.3. The van der Waals surface area contributed by atoms with Crippen LogP contribution < -0.4 is 0 Å². The van der Waals surface area contributed by atoms with Gasteiger partial charge in [0.2, 0.25) is 0 Å². The minimum atomic E-state index is -1.01. The summed E-state index contributed by atoms with van der Waals surface area (Å²) in [6, 6.07) is 0. The fourth-order valence-corrected chi connectivity index (χ4v) is 2.26. The highest BCUT2D eigenvalue weighted by molar-refractivity contribution is 5.75. The number of carboxylic acids is 1. The van der Waals surface area contributed by atoms with E-state index in [0.717, 1.165) is 18.7 Å². The van der Waals surface area contributed by atoms with E-state index in [2.05, 4.69) is 22.3 Å². The number of hydrogen-bond acceptors (Lipinski definition) is 3. The molecule has 0 amide bonds. The van der Waals surface area contributed by atoms with Crippen LogP contribution in [0.1, 0.15) is 44.3 Å². The van der Waals surface area contributed by atoms with E-state index in [1.165, 1.54) is 0 Å². The Morgan fingerprint density at radius 1 is 1.41 bits per heavy atom. The Balaban J connectivity index is 2.46. The first kappa shape index (κ1) is 11.8. The zero-order valence-electron chi connectivity index (χ0n) is 10.3. The van der Waals surface area contributed by atoms with Crippen molar-refractivity contribution in [3.05, 3.63) is 23.8 Å². The lowest BCUT2D eigenvalue weighted by molar-refractivity contribution is -0.145. The van der Waals surface area contributed by atoms with Gasteiger partial charge in [0.1, 0.15) is 17.2 Å². The smallest absolute Gasteiger partial charge is 0.329 e. The molecule has 1 aromatic rings. The van der Waals surface area contributed by atoms with Crippen LogP contribution in [0.4, 0.5) is 0 Å². The van der Waals surface area contributed by atoms with Crippen molar-refractivity contribution in [1.29, 1.82) is 0 Å². The van der Waals surface area contributed by atoms with E-state index >= 15 is 0 Å². The number of aromatic nitrogens is 3. The third-order valence-corrected chi connectivity index (χ3v) is 3.31. The molecule has 0 aliphatic heterocycles. The lowest BCUT2D eigenvalue weighted by Crippen LogP contribution is -2.38. The number of rotatable bonds is 3. The summed E-state index contributed by atoms with van der Waals surface area (Å²) >= 11 is 0. The van der Waals surface area contributed by atoms with Gasteiger partial charge in [-0.1, -0.05) is 12.2 Å². The van der Waals surface area contributed by atoms with E-state index in [9.17, 15) is 9.90 Å². The number of nitrogens with zero attached hydrogens (tertiary/aromatic N) is 3. The average Bonchev–Trinajstić information content (AvgIpc) is 2.85. The summed E-state index contributed by atoms with van der Waals surface area (Å²) in [7, 11) is 0. The van der Waals surface area contributed by atoms with Gasteiger partial charge < -0.3 is 5.11 Å². The van der Waals surface area contributed by atoms with Crippen molar-refractivity contribution < 1.29 is 9.90 Å². The summed E-state index contributed by atoms with van der Waals surface area (Å²) < 4.78 is 1.74. The van der Waals surface area contributed by atoms with Crippen molar-refractivity contribution in [1.82, 2.24) is 14.8 Å². The Labute approximate surface area is 100 Å². The molecule has 0 radical (unpaired) electrons. The van der Waals surface area contributed by atoms with Gasteiger partial charge in [0.25, 0.3) is 0 Å². The van der Waals surface area contributed by atoms with E-state index in [4.69, 9.17) is 0 Å². The summed E-state index contributed by atoms with van der Waals surface area (Å²) in [4.78, 5) is 11.3. The van der Waals surface area contributed by atoms with Crippen LogP contribution >= 0.6 is 0 Å². The minimum Gasteiger partial charge on any atom is -0.480 e. The standard InChI is InChI=1S/C12H17N3O2/c1-8-13-14-10(9-6-4-5-7-9)15(8)12(2,3)11(16)17/h4-5,9H,6-7H2,1-3H3,(H,16,17). The summed E-state index contributed by atoms with van der Waals surface area (Å²) in [5, 5.41) is 17.5. The van der Waals surface area contributed by atoms with Gasteiger partial charge in [-0.15, -0.1) is 10.2 Å². The fourth-order valence-electron chi connectivity index (χ4n) is 2.26. The van der Waals surface area contributed by atoms with Crippen molar-refractivity contribution in [3.63, 3.8) is 0 Å². The molecule has 1 aliphatic carbocycles. The topological polar surface area (TPSA) is 68.0 Å². The molecule has 1 aliphatic rings. The Morgan fingerprint density at radius 3 is 2.53 bits per heavy atom. The van der Waals surface area contributed by atoms with Crippen molar-refractivity contribution in [3.8, 4) is 0 Å². The number of carboxylic acid groups (broad SMARTS) is 1. The first-order valence-electron chi connectivity index (χ1n) is 5.75. The van der Waals surface area contributed by atoms with Crippen LogP contribution in [0, 0.1) is 6.92 Å². The van der Waals surface area contributed by atoms with Crippen LogP contribution in [-0.4, -0.2) is 25.8 Å². The molecule has 92 valence electrons. The van der Waals surface area contributed by atoms with Crippen LogP contribution in [0.15, 0.2) is 12.2 Å². The monoisotopic (exact) mass is 235 g/mol. The van der Waals surface area contributed by atoms with Crippen molar-refractivity contribution in [2.45, 2.75) is 45.1 Å². The molecule has 0 unspecified atom stereocenters. The third-order valence-electron chi connectivity index (χ3n) is 3.31. The minimum absolute atomic E-state index is 0.259. The second kappa shape index (κ2) is 3.98. The van der Waals surface area contributed by atoms with Crippen molar-refractivity contribution in [2.75, 3.05) is 0 Å². The molecule has 0 saturated carbocycles. The van der Waals surface area contributed by atoms with Crippen molar-refractivity contribution in [2.24, 2.45) is 0 Å². The van der Waals surface area contributed by atoms with Crippen LogP contribution in [0.5, 0.6) is 0 Å². The Kier molecular flexibility index (Phi) is 2.77. The SMILES string of the molecule is Cc1nnc(C2CC=CC2)n1C(C)(C)C(=O)O. The van der Waals surface area contributed by atoms with Gasteiger partial charge in [0.15, 0.2) is 0 Å². The van der Waals surface area contributed by atoms with Gasteiger partial charge in [0.05, 0.1) is 0 Å². The van der Waals surface area contributed by atoms with Gasteiger partial charge in [-0.05, 0) is 33.6 Å².